The number of para-hydroxylation sites is 1. The van der Waals surface area contributed by atoms with Crippen molar-refractivity contribution in [3.63, 3.8) is 0 Å². The highest BCUT2D eigenvalue weighted by Gasteiger charge is 2.38. The van der Waals surface area contributed by atoms with Gasteiger partial charge in [0, 0.05) is 31.9 Å². The second-order valence-corrected chi connectivity index (χ2v) is 14.2. The van der Waals surface area contributed by atoms with E-state index in [1.807, 2.05) is 30.3 Å². The Kier molecular flexibility index (Phi) is 5.88. The monoisotopic (exact) mass is 484 g/mol. The number of rotatable bonds is 5. The summed E-state index contributed by atoms with van der Waals surface area (Å²) in [5.74, 6) is -0.589. The van der Waals surface area contributed by atoms with Gasteiger partial charge in [0.1, 0.15) is 0 Å². The van der Waals surface area contributed by atoms with Crippen LogP contribution in [0.2, 0.25) is 0 Å². The number of benzene rings is 2. The molecular formula is C20H24N2O6S3. The minimum absolute atomic E-state index is 0.0308. The van der Waals surface area contributed by atoms with Crippen molar-refractivity contribution in [3.05, 3.63) is 54.6 Å². The average molecular weight is 485 g/mol. The first kappa shape index (κ1) is 22.3. The van der Waals surface area contributed by atoms with Gasteiger partial charge in [0.25, 0.3) is 0 Å². The van der Waals surface area contributed by atoms with Crippen molar-refractivity contribution in [2.75, 3.05) is 42.6 Å². The van der Waals surface area contributed by atoms with Gasteiger partial charge in [-0.15, -0.1) is 0 Å². The van der Waals surface area contributed by atoms with Crippen molar-refractivity contribution in [1.29, 1.82) is 0 Å². The number of piperazine rings is 1. The molecule has 0 saturated carbocycles. The number of anilines is 1. The predicted molar refractivity (Wildman–Crippen MR) is 118 cm³/mol. The van der Waals surface area contributed by atoms with Crippen molar-refractivity contribution in [2.45, 2.75) is 21.5 Å². The number of nitrogens with zero attached hydrogens (tertiary/aromatic N) is 2. The van der Waals surface area contributed by atoms with Crippen LogP contribution in [0, 0.1) is 0 Å². The Labute approximate surface area is 183 Å². The lowest BCUT2D eigenvalue weighted by atomic mass is 10.2. The van der Waals surface area contributed by atoms with Gasteiger partial charge in [0.15, 0.2) is 19.7 Å². The van der Waals surface area contributed by atoms with Crippen molar-refractivity contribution in [2.24, 2.45) is 0 Å². The van der Waals surface area contributed by atoms with Gasteiger partial charge in [-0.1, -0.05) is 24.3 Å². The molecular weight excluding hydrogens is 460 g/mol. The molecule has 2 fully saturated rings. The van der Waals surface area contributed by atoms with E-state index in [0.29, 0.717) is 13.1 Å². The zero-order valence-electron chi connectivity index (χ0n) is 16.8. The second kappa shape index (κ2) is 8.19. The molecule has 2 aliphatic heterocycles. The molecule has 0 amide bonds. The maximum Gasteiger partial charge on any atom is 0.243 e. The molecule has 0 bridgehead atoms. The predicted octanol–water partition coefficient (Wildman–Crippen LogP) is 1.16. The van der Waals surface area contributed by atoms with Crippen LogP contribution in [0.3, 0.4) is 0 Å². The van der Waals surface area contributed by atoms with Crippen molar-refractivity contribution in [1.82, 2.24) is 4.31 Å². The first-order valence-electron chi connectivity index (χ1n) is 9.94. The molecule has 31 heavy (non-hydrogen) atoms. The Morgan fingerprint density at radius 2 is 1.45 bits per heavy atom. The zero-order valence-corrected chi connectivity index (χ0v) is 19.2. The first-order valence-corrected chi connectivity index (χ1v) is 14.7. The lowest BCUT2D eigenvalue weighted by Crippen LogP contribution is -2.48. The number of hydrogen-bond donors (Lipinski definition) is 0. The van der Waals surface area contributed by atoms with Crippen molar-refractivity contribution < 1.29 is 25.3 Å². The smallest absolute Gasteiger partial charge is 0.243 e. The van der Waals surface area contributed by atoms with Crippen molar-refractivity contribution in [3.8, 4) is 0 Å². The van der Waals surface area contributed by atoms with Gasteiger partial charge in [-0.25, -0.2) is 25.3 Å². The van der Waals surface area contributed by atoms with Crippen LogP contribution in [-0.4, -0.2) is 72.5 Å². The second-order valence-electron chi connectivity index (χ2n) is 7.77. The summed E-state index contributed by atoms with van der Waals surface area (Å²) >= 11 is 0. The first-order chi connectivity index (χ1) is 14.6. The lowest BCUT2D eigenvalue weighted by Gasteiger charge is -2.35. The van der Waals surface area contributed by atoms with Crippen LogP contribution in [0.15, 0.2) is 64.4 Å². The maximum absolute atomic E-state index is 13.2. The van der Waals surface area contributed by atoms with E-state index < -0.39 is 40.7 Å². The maximum atomic E-state index is 13.2. The standard InChI is InChI=1S/C20H24N2O6S3/c23-29(24)14-9-20(16-29)30(25,26)18-7-4-8-19(15-18)31(27,28)22-12-10-21(11-13-22)17-5-2-1-3-6-17/h1-8,15,20H,9-14,16H2/t20-/m0/s1. The SMILES string of the molecule is O=S1(=O)CC[C@H](S(=O)(=O)c2cccc(S(=O)(=O)N3CCN(c4ccccc4)CC3)c2)C1. The van der Waals surface area contributed by atoms with Crippen LogP contribution in [-0.2, 0) is 29.7 Å². The molecule has 2 heterocycles. The molecule has 168 valence electrons. The summed E-state index contributed by atoms with van der Waals surface area (Å²) in [5, 5.41) is -1.04. The average Bonchev–Trinajstić information content (AvgIpc) is 3.15. The molecule has 0 radical (unpaired) electrons. The summed E-state index contributed by atoms with van der Waals surface area (Å²) in [5.41, 5.74) is 1.03. The topological polar surface area (TPSA) is 109 Å². The highest BCUT2D eigenvalue weighted by atomic mass is 32.2. The van der Waals surface area contributed by atoms with Gasteiger partial charge in [-0.05, 0) is 36.8 Å². The minimum atomic E-state index is -3.94. The molecule has 2 aliphatic rings. The van der Waals surface area contributed by atoms with Crippen LogP contribution >= 0.6 is 0 Å². The van der Waals surface area contributed by atoms with E-state index in [2.05, 4.69) is 4.90 Å². The molecule has 0 unspecified atom stereocenters. The van der Waals surface area contributed by atoms with E-state index in [1.54, 1.807) is 0 Å². The highest BCUT2D eigenvalue weighted by Crippen LogP contribution is 2.28. The molecule has 4 rings (SSSR count). The molecule has 11 heteroatoms. The van der Waals surface area contributed by atoms with Gasteiger partial charge >= 0.3 is 0 Å². The Hall–Kier alpha value is -1.95. The Balaban J connectivity index is 1.53. The summed E-state index contributed by atoms with van der Waals surface area (Å²) in [6.07, 6.45) is 0.0308. The molecule has 0 N–H and O–H groups in total. The quantitative estimate of drug-likeness (QED) is 0.626. The normalized spacial score (nSPS) is 22.5. The van der Waals surface area contributed by atoms with E-state index in [1.165, 1.54) is 22.5 Å². The third-order valence-corrected chi connectivity index (χ3v) is 11.8. The number of hydrogen-bond acceptors (Lipinski definition) is 7. The van der Waals surface area contributed by atoms with Gasteiger partial charge in [-0.2, -0.15) is 4.31 Å². The summed E-state index contributed by atoms with van der Waals surface area (Å²) in [6.45, 7) is 1.63. The Bertz CT molecular complexity index is 1270. The summed E-state index contributed by atoms with van der Waals surface area (Å²) in [4.78, 5) is 1.86. The molecule has 0 aliphatic carbocycles. The lowest BCUT2D eigenvalue weighted by molar-refractivity contribution is 0.385. The van der Waals surface area contributed by atoms with Crippen LogP contribution < -0.4 is 4.90 Å². The van der Waals surface area contributed by atoms with E-state index in [9.17, 15) is 25.3 Å². The largest absolute Gasteiger partial charge is 0.369 e. The van der Waals surface area contributed by atoms with Crippen LogP contribution in [0.5, 0.6) is 0 Å². The van der Waals surface area contributed by atoms with Gasteiger partial charge in [0.2, 0.25) is 10.0 Å². The molecule has 2 aromatic rings. The Morgan fingerprint density at radius 3 is 2.06 bits per heavy atom. The van der Waals surface area contributed by atoms with Crippen molar-refractivity contribution >= 4 is 35.4 Å². The fourth-order valence-corrected chi connectivity index (χ4v) is 9.93. The van der Waals surface area contributed by atoms with Gasteiger partial charge in [0.05, 0.1) is 26.5 Å². The Morgan fingerprint density at radius 1 is 0.806 bits per heavy atom. The van der Waals surface area contributed by atoms with Crippen LogP contribution in [0.25, 0.3) is 0 Å². The van der Waals surface area contributed by atoms with E-state index >= 15 is 0 Å². The van der Waals surface area contributed by atoms with E-state index in [4.69, 9.17) is 0 Å². The highest BCUT2D eigenvalue weighted by molar-refractivity contribution is 7.96. The van der Waals surface area contributed by atoms with Crippen LogP contribution in [0.4, 0.5) is 5.69 Å². The zero-order chi connectivity index (χ0) is 22.3. The third kappa shape index (κ3) is 4.50. The minimum Gasteiger partial charge on any atom is -0.369 e. The molecule has 2 saturated heterocycles. The molecule has 1 atom stereocenters. The summed E-state index contributed by atoms with van der Waals surface area (Å²) in [6, 6.07) is 15.0. The van der Waals surface area contributed by atoms with E-state index in [-0.39, 0.29) is 35.1 Å². The molecule has 0 spiro atoms. The fraction of sp³-hybridized carbons (Fsp3) is 0.400. The molecule has 8 nitrogen and oxygen atoms in total. The molecule has 0 aromatic heterocycles. The van der Waals surface area contributed by atoms with Gasteiger partial charge < -0.3 is 4.90 Å². The summed E-state index contributed by atoms with van der Waals surface area (Å²) in [7, 11) is -11.2. The van der Waals surface area contributed by atoms with Gasteiger partial charge in [-0.3, -0.25) is 0 Å². The summed E-state index contributed by atoms with van der Waals surface area (Å²) < 4.78 is 76.9. The molecule has 2 aromatic carbocycles. The van der Waals surface area contributed by atoms with E-state index in [0.717, 1.165) is 11.8 Å². The fourth-order valence-electron chi connectivity index (χ4n) is 3.98. The third-order valence-electron chi connectivity index (χ3n) is 5.76. The number of sulfone groups is 2. The number of sulfonamides is 1. The van der Waals surface area contributed by atoms with Crippen LogP contribution in [0.1, 0.15) is 6.42 Å².